The largest absolute Gasteiger partial charge is 0.379 e. The zero-order valence-corrected chi connectivity index (χ0v) is 14.9. The molecule has 0 bridgehead atoms. The molecular weight excluding hydrogens is 363 g/mol. The van der Waals surface area contributed by atoms with Gasteiger partial charge in [0.2, 0.25) is 0 Å². The summed E-state index contributed by atoms with van der Waals surface area (Å²) in [5.74, 6) is -0.349. The lowest BCUT2D eigenvalue weighted by Crippen LogP contribution is -2.13. The quantitative estimate of drug-likeness (QED) is 0.538. The normalized spacial score (nSPS) is 11.2. The Morgan fingerprint density at radius 1 is 1.44 bits per heavy atom. The van der Waals surface area contributed by atoms with E-state index in [4.69, 9.17) is 22.7 Å². The van der Waals surface area contributed by atoms with Gasteiger partial charge in [-0.1, -0.05) is 29.4 Å². The molecular formula is C17H16ClFN4OS. The summed E-state index contributed by atoms with van der Waals surface area (Å²) < 4.78 is 14.1. The summed E-state index contributed by atoms with van der Waals surface area (Å²) in [5.41, 5.74) is 6.98. The van der Waals surface area contributed by atoms with Crippen molar-refractivity contribution in [3.63, 3.8) is 0 Å². The van der Waals surface area contributed by atoms with E-state index in [-0.39, 0.29) is 10.9 Å². The molecule has 2 aromatic rings. The van der Waals surface area contributed by atoms with Gasteiger partial charge < -0.3 is 11.1 Å². The number of nitrogens with zero attached hydrogens (tertiary/aromatic N) is 1. The molecule has 8 heteroatoms. The number of anilines is 1. The number of nitrogens with one attached hydrogen (secondary N) is 2. The van der Waals surface area contributed by atoms with Crippen molar-refractivity contribution in [2.24, 2.45) is 5.73 Å². The number of hydrogen-bond donors (Lipinski definition) is 3. The number of amides is 1. The molecule has 1 amide bonds. The van der Waals surface area contributed by atoms with Crippen LogP contribution >= 0.6 is 23.4 Å². The molecule has 0 aliphatic carbocycles. The highest BCUT2D eigenvalue weighted by Crippen LogP contribution is 2.23. The van der Waals surface area contributed by atoms with E-state index >= 15 is 0 Å². The number of amidine groups is 1. The summed E-state index contributed by atoms with van der Waals surface area (Å²) >= 11 is 6.89. The highest BCUT2D eigenvalue weighted by molar-refractivity contribution is 8.13. The number of carbonyl (C=O) groups is 1. The first-order valence-electron chi connectivity index (χ1n) is 7.23. The van der Waals surface area contributed by atoms with E-state index in [2.05, 4.69) is 10.3 Å². The van der Waals surface area contributed by atoms with Gasteiger partial charge in [0.25, 0.3) is 5.91 Å². The van der Waals surface area contributed by atoms with Crippen molar-refractivity contribution in [1.82, 2.24) is 4.98 Å². The zero-order valence-electron chi connectivity index (χ0n) is 13.3. The SMILES string of the molecule is C/C(=C\CSC(=N)N)c1cc(NC(=O)c2ccc(Cl)cn2)ccc1F. The molecule has 25 heavy (non-hydrogen) atoms. The molecule has 1 aromatic carbocycles. The Kier molecular flexibility index (Phi) is 6.55. The Morgan fingerprint density at radius 3 is 2.84 bits per heavy atom. The topological polar surface area (TPSA) is 91.9 Å². The van der Waals surface area contributed by atoms with E-state index in [1.54, 1.807) is 25.1 Å². The zero-order chi connectivity index (χ0) is 18.4. The van der Waals surface area contributed by atoms with Crippen molar-refractivity contribution < 1.29 is 9.18 Å². The van der Waals surface area contributed by atoms with E-state index in [1.165, 1.54) is 24.4 Å². The molecule has 0 aliphatic rings. The Labute approximate surface area is 154 Å². The van der Waals surface area contributed by atoms with Crippen molar-refractivity contribution in [2.75, 3.05) is 11.1 Å². The van der Waals surface area contributed by atoms with Crippen LogP contribution in [0.5, 0.6) is 0 Å². The molecule has 0 aliphatic heterocycles. The Hall–Kier alpha value is -2.38. The third kappa shape index (κ3) is 5.58. The van der Waals surface area contributed by atoms with Crippen LogP contribution in [0, 0.1) is 11.2 Å². The number of nitrogens with two attached hydrogens (primary N) is 1. The minimum Gasteiger partial charge on any atom is -0.379 e. The van der Waals surface area contributed by atoms with Crippen molar-refractivity contribution >= 4 is 45.7 Å². The summed E-state index contributed by atoms with van der Waals surface area (Å²) in [5, 5.41) is 10.3. The second-order valence-electron chi connectivity index (χ2n) is 5.07. The smallest absolute Gasteiger partial charge is 0.274 e. The van der Waals surface area contributed by atoms with E-state index in [1.807, 2.05) is 0 Å². The van der Waals surface area contributed by atoms with Gasteiger partial charge in [0.1, 0.15) is 11.5 Å². The fraction of sp³-hybridized carbons (Fsp3) is 0.118. The van der Waals surface area contributed by atoms with Gasteiger partial charge in [0, 0.05) is 23.2 Å². The number of rotatable bonds is 5. The lowest BCUT2D eigenvalue weighted by molar-refractivity contribution is 0.102. The lowest BCUT2D eigenvalue weighted by Gasteiger charge is -2.09. The Bertz CT molecular complexity index is 824. The number of carbonyl (C=O) groups excluding carboxylic acids is 1. The fourth-order valence-electron chi connectivity index (χ4n) is 1.98. The Balaban J connectivity index is 2.16. The van der Waals surface area contributed by atoms with Crippen molar-refractivity contribution in [2.45, 2.75) is 6.92 Å². The summed E-state index contributed by atoms with van der Waals surface area (Å²) in [6.07, 6.45) is 3.16. The summed E-state index contributed by atoms with van der Waals surface area (Å²) in [7, 11) is 0. The standard InChI is InChI=1S/C17H16ClFN4OS/c1-10(6-7-25-17(20)21)13-8-12(3-4-14(13)19)23-16(24)15-5-2-11(18)9-22-15/h2-6,8-9H,7H2,1H3,(H3,20,21)(H,23,24)/b10-6+. The molecule has 130 valence electrons. The molecule has 0 saturated carbocycles. The second kappa shape index (κ2) is 8.64. The van der Waals surface area contributed by atoms with Gasteiger partial charge in [-0.05, 0) is 42.8 Å². The molecule has 1 heterocycles. The fourth-order valence-corrected chi connectivity index (χ4v) is 2.60. The van der Waals surface area contributed by atoms with Gasteiger partial charge in [0.15, 0.2) is 5.17 Å². The first-order chi connectivity index (χ1) is 11.9. The monoisotopic (exact) mass is 378 g/mol. The van der Waals surface area contributed by atoms with E-state index in [0.717, 1.165) is 11.8 Å². The third-order valence-corrected chi connectivity index (χ3v) is 4.11. The van der Waals surface area contributed by atoms with Crippen molar-refractivity contribution in [1.29, 1.82) is 5.41 Å². The number of aromatic nitrogens is 1. The predicted octanol–water partition coefficient (Wildman–Crippen LogP) is 4.16. The molecule has 0 radical (unpaired) electrons. The highest BCUT2D eigenvalue weighted by atomic mass is 35.5. The van der Waals surface area contributed by atoms with Crippen molar-refractivity contribution in [3.8, 4) is 0 Å². The van der Waals surface area contributed by atoms with Crippen LogP contribution in [0.15, 0.2) is 42.6 Å². The molecule has 0 spiro atoms. The summed E-state index contributed by atoms with van der Waals surface area (Å²) in [6, 6.07) is 7.39. The van der Waals surface area contributed by atoms with Gasteiger partial charge in [-0.15, -0.1) is 0 Å². The van der Waals surface area contributed by atoms with Gasteiger partial charge in [-0.3, -0.25) is 10.2 Å². The van der Waals surface area contributed by atoms with Crippen LogP contribution in [0.2, 0.25) is 5.02 Å². The number of allylic oxidation sites excluding steroid dienone is 1. The maximum absolute atomic E-state index is 14.1. The first-order valence-corrected chi connectivity index (χ1v) is 8.59. The number of halogens is 2. The summed E-state index contributed by atoms with van der Waals surface area (Å²) in [4.78, 5) is 16.1. The molecule has 2 rings (SSSR count). The van der Waals surface area contributed by atoms with E-state index in [9.17, 15) is 9.18 Å². The van der Waals surface area contributed by atoms with Crippen LogP contribution < -0.4 is 11.1 Å². The average molecular weight is 379 g/mol. The van der Waals surface area contributed by atoms with Crippen LogP contribution in [0.25, 0.3) is 5.57 Å². The molecule has 4 N–H and O–H groups in total. The number of hydrogen-bond acceptors (Lipinski definition) is 4. The van der Waals surface area contributed by atoms with E-state index in [0.29, 0.717) is 27.6 Å². The van der Waals surface area contributed by atoms with Crippen LogP contribution in [0.1, 0.15) is 23.0 Å². The number of benzene rings is 1. The molecule has 0 saturated heterocycles. The number of pyridine rings is 1. The highest BCUT2D eigenvalue weighted by Gasteiger charge is 2.10. The molecule has 0 unspecified atom stereocenters. The predicted molar refractivity (Wildman–Crippen MR) is 102 cm³/mol. The Morgan fingerprint density at radius 2 is 2.20 bits per heavy atom. The summed E-state index contributed by atoms with van der Waals surface area (Å²) in [6.45, 7) is 1.76. The van der Waals surface area contributed by atoms with Crippen LogP contribution in [-0.2, 0) is 0 Å². The van der Waals surface area contributed by atoms with Gasteiger partial charge in [-0.2, -0.15) is 0 Å². The molecule has 5 nitrogen and oxygen atoms in total. The molecule has 1 aromatic heterocycles. The first kappa shape index (κ1) is 19.0. The van der Waals surface area contributed by atoms with Gasteiger partial charge in [0.05, 0.1) is 5.02 Å². The van der Waals surface area contributed by atoms with Gasteiger partial charge in [-0.25, -0.2) is 9.37 Å². The minimum absolute atomic E-state index is 0.000926. The van der Waals surface area contributed by atoms with Gasteiger partial charge >= 0.3 is 0 Å². The molecule has 0 fully saturated rings. The maximum Gasteiger partial charge on any atom is 0.274 e. The minimum atomic E-state index is -0.414. The second-order valence-corrected chi connectivity index (χ2v) is 6.57. The number of thioether (sulfide) groups is 1. The van der Waals surface area contributed by atoms with Crippen LogP contribution in [0.4, 0.5) is 10.1 Å². The lowest BCUT2D eigenvalue weighted by atomic mass is 10.1. The van der Waals surface area contributed by atoms with Crippen LogP contribution in [-0.4, -0.2) is 21.8 Å². The third-order valence-electron chi connectivity index (χ3n) is 3.24. The van der Waals surface area contributed by atoms with Crippen molar-refractivity contribution in [3.05, 3.63) is 64.7 Å². The van der Waals surface area contributed by atoms with E-state index < -0.39 is 11.7 Å². The maximum atomic E-state index is 14.1. The average Bonchev–Trinajstić information content (AvgIpc) is 2.56. The van der Waals surface area contributed by atoms with Crippen LogP contribution in [0.3, 0.4) is 0 Å². The molecule has 0 atom stereocenters.